The first-order valence-electron chi connectivity index (χ1n) is 9.48. The van der Waals surface area contributed by atoms with E-state index in [0.29, 0.717) is 0 Å². The van der Waals surface area contributed by atoms with Crippen molar-refractivity contribution in [2.75, 3.05) is 6.54 Å². The first kappa shape index (κ1) is 18.8. The molecule has 2 unspecified atom stereocenters. The van der Waals surface area contributed by atoms with Crippen molar-refractivity contribution in [3.8, 4) is 0 Å². The summed E-state index contributed by atoms with van der Waals surface area (Å²) in [5.74, 6) is -0.222. The molecule has 0 aliphatic carbocycles. The molecule has 2 aromatic rings. The molecular weight excluding hydrogens is 325 g/mol. The summed E-state index contributed by atoms with van der Waals surface area (Å²) in [5, 5.41) is 10.7. The number of aryl methyl sites for hydroxylation is 1. The molecule has 138 valence electrons. The Kier molecular flexibility index (Phi) is 6.23. The predicted molar refractivity (Wildman–Crippen MR) is 104 cm³/mol. The van der Waals surface area contributed by atoms with Gasteiger partial charge in [0.05, 0.1) is 0 Å². The summed E-state index contributed by atoms with van der Waals surface area (Å²) in [6.07, 6.45) is 4.84. The van der Waals surface area contributed by atoms with E-state index in [4.69, 9.17) is 0 Å². The van der Waals surface area contributed by atoms with Crippen molar-refractivity contribution in [2.45, 2.75) is 51.3 Å². The Bertz CT molecular complexity index is 726. The largest absolute Gasteiger partial charge is 0.378 e. The molecule has 1 saturated heterocycles. The van der Waals surface area contributed by atoms with E-state index in [1.807, 2.05) is 13.0 Å². The van der Waals surface area contributed by atoms with Crippen LogP contribution in [0.1, 0.15) is 43.7 Å². The molecule has 3 rings (SSSR count). The predicted octanol–water partition coefficient (Wildman–Crippen LogP) is 4.90. The molecule has 0 spiro atoms. The number of allylic oxidation sites excluding steroid dienone is 1. The number of hydrogen-bond acceptors (Lipinski definition) is 2. The zero-order valence-corrected chi connectivity index (χ0v) is 15.6. The quantitative estimate of drug-likeness (QED) is 0.565. The van der Waals surface area contributed by atoms with Gasteiger partial charge in [-0.2, -0.15) is 0 Å². The lowest BCUT2D eigenvalue weighted by Gasteiger charge is -2.53. The van der Waals surface area contributed by atoms with Crippen molar-refractivity contribution in [2.24, 2.45) is 0 Å². The van der Waals surface area contributed by atoms with Crippen LogP contribution in [0.15, 0.2) is 66.2 Å². The van der Waals surface area contributed by atoms with E-state index in [0.717, 1.165) is 31.4 Å². The average molecular weight is 353 g/mol. The number of rotatable bonds is 7. The van der Waals surface area contributed by atoms with Gasteiger partial charge < -0.3 is 5.11 Å². The Morgan fingerprint density at radius 3 is 2.42 bits per heavy atom. The number of halogens is 1. The van der Waals surface area contributed by atoms with E-state index < -0.39 is 6.23 Å². The summed E-state index contributed by atoms with van der Waals surface area (Å²) in [6, 6.07) is 17.3. The lowest BCUT2D eigenvalue weighted by atomic mass is 9.76. The molecule has 0 bridgehead atoms. The Morgan fingerprint density at radius 2 is 1.77 bits per heavy atom. The van der Waals surface area contributed by atoms with Crippen LogP contribution in [-0.4, -0.2) is 28.8 Å². The summed E-state index contributed by atoms with van der Waals surface area (Å²) >= 11 is 0. The maximum Gasteiger partial charge on any atom is 0.123 e. The SMILES string of the molecule is C/C=C(\C)[C@@H]1C(c2ccc(F)cc2)C(O)N1CCCCc1ccccc1. The van der Waals surface area contributed by atoms with Gasteiger partial charge in [-0.05, 0) is 56.4 Å². The van der Waals surface area contributed by atoms with E-state index in [9.17, 15) is 9.50 Å². The molecule has 3 atom stereocenters. The number of likely N-dealkylation sites (tertiary alicyclic amines) is 1. The molecule has 3 heteroatoms. The standard InChI is InChI=1S/C23H28FNO/c1-3-17(2)22-21(19-12-14-20(24)15-13-19)23(26)25(22)16-8-7-11-18-9-5-4-6-10-18/h3-6,9-10,12-15,21-23,26H,7-8,11,16H2,1-2H3/b17-3+/t21?,22-,23?/m1/s1. The lowest BCUT2D eigenvalue weighted by molar-refractivity contribution is -0.129. The van der Waals surface area contributed by atoms with Crippen molar-refractivity contribution in [3.05, 3.63) is 83.2 Å². The van der Waals surface area contributed by atoms with Crippen LogP contribution in [0.5, 0.6) is 0 Å². The van der Waals surface area contributed by atoms with Crippen molar-refractivity contribution < 1.29 is 9.50 Å². The van der Waals surface area contributed by atoms with Gasteiger partial charge in [0, 0.05) is 18.5 Å². The molecular formula is C23H28FNO. The number of hydrogen-bond donors (Lipinski definition) is 1. The van der Waals surface area contributed by atoms with Crippen LogP contribution >= 0.6 is 0 Å². The minimum Gasteiger partial charge on any atom is -0.378 e. The lowest BCUT2D eigenvalue weighted by Crippen LogP contribution is -2.62. The molecule has 0 aromatic heterocycles. The molecule has 0 amide bonds. The van der Waals surface area contributed by atoms with Crippen LogP contribution in [0.25, 0.3) is 0 Å². The van der Waals surface area contributed by atoms with Crippen LogP contribution in [0, 0.1) is 5.82 Å². The van der Waals surface area contributed by atoms with Gasteiger partial charge in [-0.1, -0.05) is 54.1 Å². The highest BCUT2D eigenvalue weighted by Crippen LogP contribution is 2.43. The third kappa shape index (κ3) is 4.05. The number of unbranched alkanes of at least 4 members (excludes halogenated alkanes) is 1. The van der Waals surface area contributed by atoms with Gasteiger partial charge in [0.1, 0.15) is 12.0 Å². The van der Waals surface area contributed by atoms with Crippen LogP contribution in [0.3, 0.4) is 0 Å². The van der Waals surface area contributed by atoms with E-state index in [1.54, 1.807) is 12.1 Å². The van der Waals surface area contributed by atoms with Gasteiger partial charge in [-0.15, -0.1) is 0 Å². The highest BCUT2D eigenvalue weighted by atomic mass is 19.1. The Morgan fingerprint density at radius 1 is 1.08 bits per heavy atom. The molecule has 0 saturated carbocycles. The van der Waals surface area contributed by atoms with Crippen LogP contribution in [-0.2, 0) is 6.42 Å². The Hall–Kier alpha value is -1.97. The minimum absolute atomic E-state index is 0.0147. The molecule has 1 N–H and O–H groups in total. The van der Waals surface area contributed by atoms with Gasteiger partial charge in [0.15, 0.2) is 0 Å². The van der Waals surface area contributed by atoms with Gasteiger partial charge in [-0.25, -0.2) is 4.39 Å². The highest BCUT2D eigenvalue weighted by Gasteiger charge is 2.48. The van der Waals surface area contributed by atoms with E-state index in [1.165, 1.54) is 23.3 Å². The van der Waals surface area contributed by atoms with Gasteiger partial charge in [0.2, 0.25) is 0 Å². The molecule has 1 heterocycles. The Balaban J connectivity index is 1.60. The van der Waals surface area contributed by atoms with E-state index in [2.05, 4.69) is 42.2 Å². The second kappa shape index (κ2) is 8.61. The Labute approximate surface area is 156 Å². The first-order valence-corrected chi connectivity index (χ1v) is 9.48. The average Bonchev–Trinajstić information content (AvgIpc) is 2.67. The second-order valence-corrected chi connectivity index (χ2v) is 7.15. The maximum atomic E-state index is 13.2. The van der Waals surface area contributed by atoms with Crippen molar-refractivity contribution in [1.29, 1.82) is 0 Å². The fraction of sp³-hybridized carbons (Fsp3) is 0.391. The molecule has 2 nitrogen and oxygen atoms in total. The van der Waals surface area contributed by atoms with E-state index >= 15 is 0 Å². The number of benzene rings is 2. The molecule has 1 aliphatic heterocycles. The number of nitrogens with zero attached hydrogens (tertiary/aromatic N) is 1. The molecule has 26 heavy (non-hydrogen) atoms. The van der Waals surface area contributed by atoms with Gasteiger partial charge >= 0.3 is 0 Å². The van der Waals surface area contributed by atoms with Crippen molar-refractivity contribution in [1.82, 2.24) is 4.90 Å². The van der Waals surface area contributed by atoms with E-state index in [-0.39, 0.29) is 17.8 Å². The zero-order valence-electron chi connectivity index (χ0n) is 15.6. The molecule has 1 fully saturated rings. The normalized spacial score (nSPS) is 23.7. The summed E-state index contributed by atoms with van der Waals surface area (Å²) < 4.78 is 13.2. The third-order valence-electron chi connectivity index (χ3n) is 5.51. The number of aliphatic hydroxyl groups excluding tert-OH is 1. The zero-order chi connectivity index (χ0) is 18.5. The number of aliphatic hydroxyl groups is 1. The summed E-state index contributed by atoms with van der Waals surface area (Å²) in [7, 11) is 0. The fourth-order valence-electron chi connectivity index (χ4n) is 3.93. The highest BCUT2D eigenvalue weighted by molar-refractivity contribution is 5.32. The van der Waals surface area contributed by atoms with Crippen LogP contribution < -0.4 is 0 Å². The summed E-state index contributed by atoms with van der Waals surface area (Å²) in [4.78, 5) is 2.17. The molecule has 0 radical (unpaired) electrons. The van der Waals surface area contributed by atoms with Crippen molar-refractivity contribution in [3.63, 3.8) is 0 Å². The topological polar surface area (TPSA) is 23.5 Å². The minimum atomic E-state index is -0.503. The van der Waals surface area contributed by atoms with Crippen LogP contribution in [0.2, 0.25) is 0 Å². The third-order valence-corrected chi connectivity index (χ3v) is 5.51. The maximum absolute atomic E-state index is 13.2. The smallest absolute Gasteiger partial charge is 0.123 e. The molecule has 2 aromatic carbocycles. The summed E-state index contributed by atoms with van der Waals surface area (Å²) in [6.45, 7) is 5.03. The fourth-order valence-corrected chi connectivity index (χ4v) is 3.93. The first-order chi connectivity index (χ1) is 12.6. The second-order valence-electron chi connectivity index (χ2n) is 7.15. The summed E-state index contributed by atoms with van der Waals surface area (Å²) in [5.41, 5.74) is 3.63. The molecule has 1 aliphatic rings. The van der Waals surface area contributed by atoms with Gasteiger partial charge in [0.25, 0.3) is 0 Å². The monoisotopic (exact) mass is 353 g/mol. The van der Waals surface area contributed by atoms with Crippen LogP contribution in [0.4, 0.5) is 4.39 Å². The van der Waals surface area contributed by atoms with Crippen molar-refractivity contribution >= 4 is 0 Å². The van der Waals surface area contributed by atoms with Gasteiger partial charge in [-0.3, -0.25) is 4.90 Å².